The van der Waals surface area contributed by atoms with Gasteiger partial charge in [-0.3, -0.25) is 19.1 Å². The zero-order chi connectivity index (χ0) is 31.6. The van der Waals surface area contributed by atoms with Crippen molar-refractivity contribution in [3.63, 3.8) is 0 Å². The summed E-state index contributed by atoms with van der Waals surface area (Å²) >= 11 is 0. The van der Waals surface area contributed by atoms with Crippen molar-refractivity contribution in [2.45, 2.75) is 50.7 Å². The van der Waals surface area contributed by atoms with Crippen LogP contribution in [0.1, 0.15) is 60.5 Å². The Kier molecular flexibility index (Phi) is 8.19. The molecule has 13 heteroatoms. The molecule has 4 aromatic rings. The molecule has 0 unspecified atom stereocenters. The highest BCUT2D eigenvalue weighted by Gasteiger charge is 2.44. The second-order valence-electron chi connectivity index (χ2n) is 10.7. The Balaban J connectivity index is 1.70. The highest BCUT2D eigenvalue weighted by Crippen LogP contribution is 2.33. The predicted octanol–water partition coefficient (Wildman–Crippen LogP) is 4.49. The number of aromatic nitrogens is 4. The van der Waals surface area contributed by atoms with Crippen molar-refractivity contribution in [3.05, 3.63) is 87.8 Å². The van der Waals surface area contributed by atoms with Gasteiger partial charge in [-0.2, -0.15) is 23.5 Å². The van der Waals surface area contributed by atoms with E-state index in [1.807, 2.05) is 13.0 Å². The molecule has 0 atom stereocenters. The maximum absolute atomic E-state index is 14.1. The van der Waals surface area contributed by atoms with Gasteiger partial charge in [0.1, 0.15) is 16.8 Å². The third-order valence-corrected chi connectivity index (χ3v) is 7.82. The Hall–Kier alpha value is -5.12. The largest absolute Gasteiger partial charge is 0.416 e. The van der Waals surface area contributed by atoms with Crippen molar-refractivity contribution in [2.24, 2.45) is 7.05 Å². The lowest BCUT2D eigenvalue weighted by molar-refractivity contribution is -0.137. The van der Waals surface area contributed by atoms with Gasteiger partial charge in [0, 0.05) is 13.6 Å². The van der Waals surface area contributed by atoms with Gasteiger partial charge < -0.3 is 10.6 Å². The summed E-state index contributed by atoms with van der Waals surface area (Å²) in [6.45, 7) is 2.32. The van der Waals surface area contributed by atoms with Gasteiger partial charge in [-0.1, -0.05) is 25.8 Å². The molecule has 2 N–H and O–H groups in total. The van der Waals surface area contributed by atoms with Crippen LogP contribution in [0.2, 0.25) is 0 Å². The van der Waals surface area contributed by atoms with E-state index in [1.165, 1.54) is 34.7 Å². The first kappa shape index (κ1) is 30.3. The molecule has 0 saturated heterocycles. The molecular weight excluding hydrogens is 575 g/mol. The van der Waals surface area contributed by atoms with E-state index in [4.69, 9.17) is 0 Å². The highest BCUT2D eigenvalue weighted by atomic mass is 19.4. The van der Waals surface area contributed by atoms with Gasteiger partial charge in [0.05, 0.1) is 40.5 Å². The topological polar surface area (TPSA) is 127 Å². The summed E-state index contributed by atoms with van der Waals surface area (Å²) < 4.78 is 44.6. The molecule has 10 nitrogen and oxygen atoms in total. The SMILES string of the molecule is CCCNC(=O)C1(NC(=O)c2c(-c3ccnn3-c3ccc(C#N)cc3)n(C)n(-c3cccc(C(F)(F)F)c3)c2=O)CCCC1. The normalized spacial score (nSPS) is 14.3. The van der Waals surface area contributed by atoms with Crippen LogP contribution in [0.4, 0.5) is 13.2 Å². The zero-order valence-corrected chi connectivity index (χ0v) is 24.1. The van der Waals surface area contributed by atoms with Crippen LogP contribution < -0.4 is 16.2 Å². The van der Waals surface area contributed by atoms with Crippen LogP contribution in [-0.4, -0.2) is 43.0 Å². The minimum atomic E-state index is -4.66. The number of amides is 2. The van der Waals surface area contributed by atoms with Crippen molar-refractivity contribution >= 4 is 11.8 Å². The fourth-order valence-electron chi connectivity index (χ4n) is 5.65. The fourth-order valence-corrected chi connectivity index (χ4v) is 5.65. The number of carbonyl (C=O) groups excluding carboxylic acids is 2. The molecule has 0 radical (unpaired) electrons. The minimum Gasteiger partial charge on any atom is -0.354 e. The van der Waals surface area contributed by atoms with Crippen molar-refractivity contribution in [3.8, 4) is 28.8 Å². The number of nitriles is 1. The minimum absolute atomic E-state index is 0.0777. The van der Waals surface area contributed by atoms with Crippen LogP contribution in [0.3, 0.4) is 0 Å². The molecule has 0 bridgehead atoms. The Morgan fingerprint density at radius 2 is 1.77 bits per heavy atom. The average Bonchev–Trinajstić information content (AvgIpc) is 3.74. The van der Waals surface area contributed by atoms with Gasteiger partial charge in [0.2, 0.25) is 5.91 Å². The number of benzene rings is 2. The molecule has 1 aliphatic rings. The fraction of sp³-hybridized carbons (Fsp3) is 0.323. The van der Waals surface area contributed by atoms with Gasteiger partial charge in [-0.15, -0.1) is 0 Å². The summed E-state index contributed by atoms with van der Waals surface area (Å²) in [6, 6.07) is 14.3. The van der Waals surface area contributed by atoms with Gasteiger partial charge in [-0.25, -0.2) is 9.36 Å². The first-order chi connectivity index (χ1) is 21.0. The van der Waals surface area contributed by atoms with Crippen LogP contribution in [0, 0.1) is 11.3 Å². The monoisotopic (exact) mass is 605 g/mol. The molecule has 2 amide bonds. The van der Waals surface area contributed by atoms with Gasteiger partial charge in [0.15, 0.2) is 0 Å². The molecule has 44 heavy (non-hydrogen) atoms. The van der Waals surface area contributed by atoms with E-state index in [0.29, 0.717) is 55.6 Å². The maximum Gasteiger partial charge on any atom is 0.416 e. The molecule has 228 valence electrons. The lowest BCUT2D eigenvalue weighted by Gasteiger charge is -2.29. The second-order valence-corrected chi connectivity index (χ2v) is 10.7. The maximum atomic E-state index is 14.1. The number of nitrogens with one attached hydrogen (secondary N) is 2. The smallest absolute Gasteiger partial charge is 0.354 e. The van der Waals surface area contributed by atoms with E-state index in [1.54, 1.807) is 30.3 Å². The predicted molar refractivity (Wildman–Crippen MR) is 155 cm³/mol. The number of hydrogen-bond acceptors (Lipinski definition) is 5. The van der Waals surface area contributed by atoms with E-state index in [0.717, 1.165) is 16.8 Å². The second kappa shape index (κ2) is 11.9. The molecule has 0 spiro atoms. The quantitative estimate of drug-likeness (QED) is 0.306. The number of hydrogen-bond donors (Lipinski definition) is 2. The third kappa shape index (κ3) is 5.50. The Labute approximate surface area is 250 Å². The van der Waals surface area contributed by atoms with Gasteiger partial charge in [-0.05, 0) is 67.8 Å². The van der Waals surface area contributed by atoms with Crippen LogP contribution in [0.15, 0.2) is 65.6 Å². The summed E-state index contributed by atoms with van der Waals surface area (Å²) in [6.07, 6.45) is -0.369. The average molecular weight is 606 g/mol. The van der Waals surface area contributed by atoms with E-state index in [-0.39, 0.29) is 22.9 Å². The van der Waals surface area contributed by atoms with Crippen molar-refractivity contribution in [1.29, 1.82) is 5.26 Å². The molecule has 1 fully saturated rings. The highest BCUT2D eigenvalue weighted by molar-refractivity contribution is 6.03. The molecule has 0 aliphatic heterocycles. The summed E-state index contributed by atoms with van der Waals surface area (Å²) in [5.74, 6) is -1.17. The molecular formula is C31H30F3N7O3. The number of alkyl halides is 3. The Morgan fingerprint density at radius 1 is 1.07 bits per heavy atom. The number of carbonyl (C=O) groups is 2. The molecule has 1 aliphatic carbocycles. The Morgan fingerprint density at radius 3 is 2.41 bits per heavy atom. The van der Waals surface area contributed by atoms with E-state index >= 15 is 0 Å². The number of halogens is 3. The number of rotatable bonds is 8. The van der Waals surface area contributed by atoms with Gasteiger partial charge in [0.25, 0.3) is 11.5 Å². The summed E-state index contributed by atoms with van der Waals surface area (Å²) in [5.41, 5.74) is -2.22. The first-order valence-electron chi connectivity index (χ1n) is 14.2. The van der Waals surface area contributed by atoms with Crippen molar-refractivity contribution in [2.75, 3.05) is 6.54 Å². The summed E-state index contributed by atoms with van der Waals surface area (Å²) in [5, 5.41) is 19.3. The van der Waals surface area contributed by atoms with Crippen molar-refractivity contribution < 1.29 is 22.8 Å². The molecule has 2 aromatic carbocycles. The molecule has 5 rings (SSSR count). The van der Waals surface area contributed by atoms with Gasteiger partial charge >= 0.3 is 6.18 Å². The van der Waals surface area contributed by atoms with Crippen LogP contribution in [0.5, 0.6) is 0 Å². The van der Waals surface area contributed by atoms with Crippen molar-refractivity contribution in [1.82, 2.24) is 29.8 Å². The summed E-state index contributed by atoms with van der Waals surface area (Å²) in [7, 11) is 1.46. The first-order valence-corrected chi connectivity index (χ1v) is 14.2. The third-order valence-electron chi connectivity index (χ3n) is 7.82. The summed E-state index contributed by atoms with van der Waals surface area (Å²) in [4.78, 5) is 41.5. The lowest BCUT2D eigenvalue weighted by atomic mass is 9.95. The number of nitrogens with zero attached hydrogens (tertiary/aromatic N) is 5. The van der Waals surface area contributed by atoms with Crippen LogP contribution in [-0.2, 0) is 18.0 Å². The lowest BCUT2D eigenvalue weighted by Crippen LogP contribution is -2.57. The zero-order valence-electron chi connectivity index (χ0n) is 24.1. The standard InChI is InChI=1S/C31H30F3N7O3/c1-3-16-36-29(44)30(14-4-5-15-30)38-27(42)25-26(24-13-17-37-40(24)22-11-9-20(19-35)10-12-22)39(2)41(28(25)43)23-8-6-7-21(18-23)31(32,33)34/h6-13,17-18H,3-5,14-16H2,1-2H3,(H,36,44)(H,38,42). The molecule has 2 aromatic heterocycles. The van der Waals surface area contributed by atoms with Crippen LogP contribution in [0.25, 0.3) is 22.8 Å². The molecule has 2 heterocycles. The van der Waals surface area contributed by atoms with Crippen LogP contribution >= 0.6 is 0 Å². The Bertz CT molecular complexity index is 1800. The van der Waals surface area contributed by atoms with E-state index in [2.05, 4.69) is 15.7 Å². The van der Waals surface area contributed by atoms with E-state index < -0.39 is 28.7 Å². The van der Waals surface area contributed by atoms with E-state index in [9.17, 15) is 32.8 Å². The molecule has 1 saturated carbocycles.